The fourth-order valence-electron chi connectivity index (χ4n) is 6.58. The Morgan fingerprint density at radius 2 is 1.82 bits per heavy atom. The Balaban J connectivity index is 1.30. The third-order valence-electron chi connectivity index (χ3n) is 9.05. The average Bonchev–Trinajstić information content (AvgIpc) is 3.52. The maximum absolute atomic E-state index is 14.4. The van der Waals surface area contributed by atoms with Gasteiger partial charge in [-0.25, -0.2) is 14.8 Å². The predicted molar refractivity (Wildman–Crippen MR) is 186 cm³/mol. The molecule has 6 rings (SSSR count). The Kier molecular flexibility index (Phi) is 9.95. The zero-order valence-corrected chi connectivity index (χ0v) is 27.8. The van der Waals surface area contributed by atoms with Crippen LogP contribution in [0.4, 0.5) is 4.79 Å². The lowest BCUT2D eigenvalue weighted by Gasteiger charge is -2.54. The molecule has 2 aliphatic heterocycles. The number of benzene rings is 3. The van der Waals surface area contributed by atoms with Gasteiger partial charge in [-0.3, -0.25) is 14.3 Å². The van der Waals surface area contributed by atoms with E-state index in [-0.39, 0.29) is 49.7 Å². The number of carbonyl (C=O) groups is 3. The molecule has 0 bridgehead atoms. The lowest BCUT2D eigenvalue weighted by molar-refractivity contribution is -0.187. The van der Waals surface area contributed by atoms with Gasteiger partial charge in [0, 0.05) is 50.6 Å². The van der Waals surface area contributed by atoms with Crippen molar-refractivity contribution in [2.75, 3.05) is 20.1 Å². The molecule has 4 amide bonds. The number of nitrogens with two attached hydrogens (primary N) is 1. The number of hydrogen-bond donors (Lipinski definition) is 3. The van der Waals surface area contributed by atoms with Crippen molar-refractivity contribution in [2.24, 2.45) is 5.73 Å². The van der Waals surface area contributed by atoms with E-state index >= 15 is 0 Å². The fraction of sp³-hybridized carbons (Fsp3) is 0.297. The SMILES string of the molecule is C/C=C\C=C(\N)CCn1ncc2c(CN3CC4N(C(=O)CN(C)N4C(=O)NCc4ccccc4)[C@@H](Cc4ccc(O)cc4)C3=O)cccc21. The van der Waals surface area contributed by atoms with Gasteiger partial charge in [0.15, 0.2) is 0 Å². The minimum atomic E-state index is -0.859. The number of allylic oxidation sites excluding steroid dienone is 4. The second kappa shape index (κ2) is 14.7. The standard InChI is InChI=1S/C37H42N8O4/c1-3-4-12-29(38)18-19-43-32-13-8-11-28(31(32)22-40-43)23-42-24-34-44(33(36(42)48)20-26-14-16-30(46)17-15-26)35(47)25-41(2)45(34)37(49)39-21-27-9-6-5-7-10-27/h3-17,22,33-34,46H,18-21,23-25,38H2,1-2H3,(H,39,49)/b4-3-,29-12+/t33-,34?/m0/s1. The molecule has 2 fully saturated rings. The first-order valence-electron chi connectivity index (χ1n) is 16.4. The maximum Gasteiger partial charge on any atom is 0.334 e. The number of phenolic OH excluding ortho intramolecular Hbond substituents is 1. The van der Waals surface area contributed by atoms with E-state index in [0.717, 1.165) is 33.3 Å². The smallest absolute Gasteiger partial charge is 0.334 e. The number of rotatable bonds is 10. The van der Waals surface area contributed by atoms with Crippen LogP contribution < -0.4 is 11.1 Å². The van der Waals surface area contributed by atoms with Crippen LogP contribution in [-0.4, -0.2) is 84.9 Å². The highest BCUT2D eigenvalue weighted by molar-refractivity contribution is 5.92. The van der Waals surface area contributed by atoms with Crippen molar-refractivity contribution in [2.45, 2.75) is 51.6 Å². The summed E-state index contributed by atoms with van der Waals surface area (Å²) in [5.74, 6) is -0.332. The van der Waals surface area contributed by atoms with Crippen LogP contribution in [0.2, 0.25) is 0 Å². The molecule has 1 unspecified atom stereocenters. The number of piperazine rings is 1. The number of fused-ring (bicyclic) bond motifs is 2. The third kappa shape index (κ3) is 7.29. The second-order valence-corrected chi connectivity index (χ2v) is 12.4. The highest BCUT2D eigenvalue weighted by Crippen LogP contribution is 2.30. The monoisotopic (exact) mass is 662 g/mol. The normalized spacial score (nSPS) is 18.8. The van der Waals surface area contributed by atoms with Crippen LogP contribution in [0, 0.1) is 0 Å². The number of urea groups is 1. The summed E-state index contributed by atoms with van der Waals surface area (Å²) in [6.07, 6.45) is 7.65. The van der Waals surface area contributed by atoms with Gasteiger partial charge in [0.25, 0.3) is 0 Å². The maximum atomic E-state index is 14.4. The first-order valence-corrected chi connectivity index (χ1v) is 16.4. The van der Waals surface area contributed by atoms with Crippen molar-refractivity contribution in [1.82, 2.24) is 34.9 Å². The average molecular weight is 663 g/mol. The molecule has 0 aliphatic carbocycles. The van der Waals surface area contributed by atoms with Gasteiger partial charge in [-0.15, -0.1) is 0 Å². The highest BCUT2D eigenvalue weighted by Gasteiger charge is 2.50. The topological polar surface area (TPSA) is 140 Å². The van der Waals surface area contributed by atoms with E-state index in [0.29, 0.717) is 19.5 Å². The van der Waals surface area contributed by atoms with Gasteiger partial charge >= 0.3 is 6.03 Å². The summed E-state index contributed by atoms with van der Waals surface area (Å²) in [5, 5.41) is 21.6. The number of phenols is 1. The van der Waals surface area contributed by atoms with Crippen molar-refractivity contribution in [1.29, 1.82) is 0 Å². The van der Waals surface area contributed by atoms with Crippen LogP contribution in [0.25, 0.3) is 10.9 Å². The number of hydrazine groups is 1. The van der Waals surface area contributed by atoms with Crippen LogP contribution in [-0.2, 0) is 35.6 Å². The van der Waals surface area contributed by atoms with E-state index in [4.69, 9.17) is 5.73 Å². The molecule has 254 valence electrons. The molecule has 4 aromatic rings. The van der Waals surface area contributed by atoms with Gasteiger partial charge in [0.1, 0.15) is 18.0 Å². The van der Waals surface area contributed by atoms with Gasteiger partial charge in [0.2, 0.25) is 11.8 Å². The highest BCUT2D eigenvalue weighted by atomic mass is 16.3. The molecule has 3 aromatic carbocycles. The minimum absolute atomic E-state index is 0.0540. The lowest BCUT2D eigenvalue weighted by atomic mass is 9.98. The molecule has 0 spiro atoms. The first kappa shape index (κ1) is 33.3. The zero-order chi connectivity index (χ0) is 34.5. The van der Waals surface area contributed by atoms with Gasteiger partial charge < -0.3 is 26.0 Å². The number of aromatic hydroxyl groups is 1. The molecule has 4 N–H and O–H groups in total. The molecule has 0 radical (unpaired) electrons. The molecule has 49 heavy (non-hydrogen) atoms. The van der Waals surface area contributed by atoms with Crippen molar-refractivity contribution < 1.29 is 19.5 Å². The molecular formula is C37H42N8O4. The van der Waals surface area contributed by atoms with E-state index in [1.165, 1.54) is 0 Å². The van der Waals surface area contributed by atoms with Crippen molar-refractivity contribution in [3.05, 3.63) is 120 Å². The Morgan fingerprint density at radius 3 is 2.57 bits per heavy atom. The van der Waals surface area contributed by atoms with Crippen LogP contribution in [0.3, 0.4) is 0 Å². The van der Waals surface area contributed by atoms with Gasteiger partial charge in [-0.1, -0.05) is 66.7 Å². The molecule has 12 nitrogen and oxygen atoms in total. The first-order chi connectivity index (χ1) is 23.7. The summed E-state index contributed by atoms with van der Waals surface area (Å²) in [6.45, 7) is 3.18. The molecule has 2 atom stereocenters. The fourth-order valence-corrected chi connectivity index (χ4v) is 6.58. The largest absolute Gasteiger partial charge is 0.508 e. The van der Waals surface area contributed by atoms with E-state index in [1.807, 2.05) is 84.6 Å². The summed E-state index contributed by atoms with van der Waals surface area (Å²) in [6, 6.07) is 20.9. The second-order valence-electron chi connectivity index (χ2n) is 12.4. The molecule has 12 heteroatoms. The number of likely N-dealkylation sites (N-methyl/N-ethyl adjacent to an activating group) is 1. The number of amides is 4. The van der Waals surface area contributed by atoms with Gasteiger partial charge in [-0.2, -0.15) is 5.10 Å². The van der Waals surface area contributed by atoms with Crippen LogP contribution in [0.15, 0.2) is 103 Å². The van der Waals surface area contributed by atoms with Crippen LogP contribution >= 0.6 is 0 Å². The van der Waals surface area contributed by atoms with E-state index in [1.54, 1.807) is 51.1 Å². The van der Waals surface area contributed by atoms with Crippen LogP contribution in [0.5, 0.6) is 5.75 Å². The Hall–Kier alpha value is -5.62. The van der Waals surface area contributed by atoms with Crippen molar-refractivity contribution in [3.8, 4) is 5.75 Å². The number of aryl methyl sites for hydroxylation is 1. The summed E-state index contributed by atoms with van der Waals surface area (Å²) >= 11 is 0. The number of hydrogen-bond acceptors (Lipinski definition) is 7. The quantitative estimate of drug-likeness (QED) is 0.220. The summed E-state index contributed by atoms with van der Waals surface area (Å²) < 4.78 is 1.91. The number of nitrogens with zero attached hydrogens (tertiary/aromatic N) is 6. The summed E-state index contributed by atoms with van der Waals surface area (Å²) in [7, 11) is 1.71. The number of carbonyl (C=O) groups excluding carboxylic acids is 3. The summed E-state index contributed by atoms with van der Waals surface area (Å²) in [5.41, 5.74) is 10.5. The molecular weight excluding hydrogens is 620 g/mol. The molecule has 1 aromatic heterocycles. The minimum Gasteiger partial charge on any atom is -0.508 e. The Morgan fingerprint density at radius 1 is 1.04 bits per heavy atom. The Labute approximate surface area is 285 Å². The van der Waals surface area contributed by atoms with Gasteiger partial charge in [0.05, 0.1) is 24.8 Å². The van der Waals surface area contributed by atoms with E-state index in [2.05, 4.69) is 10.4 Å². The number of nitrogens with one attached hydrogen (secondary N) is 1. The predicted octanol–water partition coefficient (Wildman–Crippen LogP) is 3.73. The molecule has 0 saturated carbocycles. The Bertz CT molecular complexity index is 1870. The van der Waals surface area contributed by atoms with Gasteiger partial charge in [-0.05, 0) is 47.9 Å². The van der Waals surface area contributed by atoms with E-state index in [9.17, 15) is 19.5 Å². The lowest BCUT2D eigenvalue weighted by Crippen LogP contribution is -2.76. The molecule has 3 heterocycles. The summed E-state index contributed by atoms with van der Waals surface area (Å²) in [4.78, 5) is 45.2. The zero-order valence-electron chi connectivity index (χ0n) is 27.8. The third-order valence-corrected chi connectivity index (χ3v) is 9.05. The molecule has 2 saturated heterocycles. The van der Waals surface area contributed by atoms with Crippen molar-refractivity contribution >= 4 is 28.7 Å². The van der Waals surface area contributed by atoms with Crippen LogP contribution in [0.1, 0.15) is 30.0 Å². The van der Waals surface area contributed by atoms with E-state index < -0.39 is 12.2 Å². The number of aromatic nitrogens is 2. The molecule has 2 aliphatic rings. The van der Waals surface area contributed by atoms with Crippen molar-refractivity contribution in [3.63, 3.8) is 0 Å².